The van der Waals surface area contributed by atoms with E-state index >= 15 is 0 Å². The maximum atomic E-state index is 5.49. The minimum Gasteiger partial charge on any atom is -0.493 e. The Kier molecular flexibility index (Phi) is 7.99. The summed E-state index contributed by atoms with van der Waals surface area (Å²) in [6, 6.07) is 16.6. The molecular formula is C31H39N7O2. The second-order valence-electron chi connectivity index (χ2n) is 10.8. The number of nitrogens with zero attached hydrogens (tertiary/aromatic N) is 6. The van der Waals surface area contributed by atoms with Crippen LogP contribution in [0.3, 0.4) is 0 Å². The van der Waals surface area contributed by atoms with Gasteiger partial charge >= 0.3 is 0 Å². The number of hydrogen-bond acceptors (Lipinski definition) is 8. The maximum absolute atomic E-state index is 5.49. The molecule has 1 saturated heterocycles. The Bertz CT molecular complexity index is 1410. The van der Waals surface area contributed by atoms with Crippen LogP contribution in [0, 0.1) is 0 Å². The van der Waals surface area contributed by atoms with Gasteiger partial charge in [-0.2, -0.15) is 4.52 Å². The Hall–Kier alpha value is -3.85. The van der Waals surface area contributed by atoms with Crippen molar-refractivity contribution in [2.45, 2.75) is 51.1 Å². The number of para-hydroxylation sites is 1. The molecule has 2 aromatic carbocycles. The molecule has 1 saturated carbocycles. The second kappa shape index (κ2) is 12.1. The van der Waals surface area contributed by atoms with Gasteiger partial charge in [-0.3, -0.25) is 4.90 Å². The summed E-state index contributed by atoms with van der Waals surface area (Å²) in [6.07, 6.45) is 8.12. The van der Waals surface area contributed by atoms with Gasteiger partial charge in [0.1, 0.15) is 0 Å². The van der Waals surface area contributed by atoms with Crippen LogP contribution in [0.5, 0.6) is 11.5 Å². The standard InChI is InChI=1S/C31H39N7O2/c1-39-27-14-13-23(19-28(27)40-2)20-32-31-33-21-25(30-34-29(35-38(30)31)24-9-5-3-6-10-24)22-36-15-17-37(18-16-36)26-11-7-4-8-12-26/h4,7-8,11-14,19,21,24H,3,5-6,9-10,15-18,20,22H2,1-2H3,(H,32,33). The molecule has 1 aliphatic heterocycles. The van der Waals surface area contributed by atoms with Crippen LogP contribution < -0.4 is 19.7 Å². The first-order valence-electron chi connectivity index (χ1n) is 14.4. The van der Waals surface area contributed by atoms with Crippen molar-refractivity contribution < 1.29 is 9.47 Å². The molecule has 9 heteroatoms. The lowest BCUT2D eigenvalue weighted by atomic mass is 9.89. The third-order valence-electron chi connectivity index (χ3n) is 8.21. The van der Waals surface area contributed by atoms with Gasteiger partial charge in [-0.05, 0) is 42.7 Å². The van der Waals surface area contributed by atoms with Crippen molar-refractivity contribution in [1.82, 2.24) is 24.5 Å². The molecule has 3 heterocycles. The van der Waals surface area contributed by atoms with Crippen LogP contribution in [-0.2, 0) is 13.1 Å². The summed E-state index contributed by atoms with van der Waals surface area (Å²) in [7, 11) is 3.30. The molecule has 0 atom stereocenters. The fraction of sp³-hybridized carbons (Fsp3) is 0.452. The Morgan fingerprint density at radius 2 is 1.68 bits per heavy atom. The molecule has 0 amide bonds. The smallest absolute Gasteiger partial charge is 0.226 e. The quantitative estimate of drug-likeness (QED) is 0.313. The second-order valence-corrected chi connectivity index (χ2v) is 10.8. The van der Waals surface area contributed by atoms with E-state index in [2.05, 4.69) is 45.4 Å². The predicted octanol–water partition coefficient (Wildman–Crippen LogP) is 5.12. The normalized spacial score (nSPS) is 16.8. The molecule has 0 radical (unpaired) electrons. The summed E-state index contributed by atoms with van der Waals surface area (Å²) in [5, 5.41) is 8.52. The molecule has 210 valence electrons. The zero-order valence-corrected chi connectivity index (χ0v) is 23.6. The minimum absolute atomic E-state index is 0.426. The zero-order valence-electron chi connectivity index (χ0n) is 23.6. The molecule has 2 aliphatic rings. The van der Waals surface area contributed by atoms with Crippen molar-refractivity contribution in [1.29, 1.82) is 0 Å². The van der Waals surface area contributed by atoms with Gasteiger partial charge in [-0.25, -0.2) is 9.97 Å². The number of rotatable bonds is 9. The number of aromatic nitrogens is 4. The number of benzene rings is 2. The number of fused-ring (bicyclic) bond motifs is 1. The van der Waals surface area contributed by atoms with Gasteiger partial charge in [0, 0.05) is 62.6 Å². The molecule has 0 bridgehead atoms. The van der Waals surface area contributed by atoms with Gasteiger partial charge in [0.15, 0.2) is 23.0 Å². The summed E-state index contributed by atoms with van der Waals surface area (Å²) in [5.74, 6) is 3.51. The topological polar surface area (TPSA) is 80.0 Å². The van der Waals surface area contributed by atoms with Gasteiger partial charge < -0.3 is 19.7 Å². The Morgan fingerprint density at radius 3 is 2.42 bits per heavy atom. The van der Waals surface area contributed by atoms with Crippen LogP contribution in [0.1, 0.15) is 55.0 Å². The summed E-state index contributed by atoms with van der Waals surface area (Å²) in [5.41, 5.74) is 4.40. The van der Waals surface area contributed by atoms with E-state index in [0.717, 1.165) is 68.2 Å². The third kappa shape index (κ3) is 5.70. The fourth-order valence-corrected chi connectivity index (χ4v) is 5.92. The van der Waals surface area contributed by atoms with Crippen molar-refractivity contribution in [3.63, 3.8) is 0 Å². The molecule has 2 fully saturated rings. The van der Waals surface area contributed by atoms with Gasteiger partial charge in [0.05, 0.1) is 14.2 Å². The zero-order chi connectivity index (χ0) is 27.3. The summed E-state index contributed by atoms with van der Waals surface area (Å²) in [4.78, 5) is 14.9. The lowest BCUT2D eigenvalue weighted by Gasteiger charge is -2.36. The van der Waals surface area contributed by atoms with Crippen LogP contribution in [0.2, 0.25) is 0 Å². The number of ether oxygens (including phenoxy) is 2. The number of nitrogens with one attached hydrogen (secondary N) is 1. The van der Waals surface area contributed by atoms with Crippen molar-refractivity contribution in [3.8, 4) is 11.5 Å². The first-order valence-corrected chi connectivity index (χ1v) is 14.4. The van der Waals surface area contributed by atoms with Crippen molar-refractivity contribution in [3.05, 3.63) is 71.7 Å². The lowest BCUT2D eigenvalue weighted by molar-refractivity contribution is 0.250. The first-order chi connectivity index (χ1) is 19.7. The highest BCUT2D eigenvalue weighted by atomic mass is 16.5. The van der Waals surface area contributed by atoms with Crippen LogP contribution in [-0.4, -0.2) is 64.9 Å². The SMILES string of the molecule is COc1ccc(CNc2ncc(CN3CCN(c4ccccc4)CC3)c3nc(C4CCCCC4)nn23)cc1OC. The summed E-state index contributed by atoms with van der Waals surface area (Å²) in [6.45, 7) is 5.44. The predicted molar refractivity (Wildman–Crippen MR) is 157 cm³/mol. The fourth-order valence-electron chi connectivity index (χ4n) is 5.92. The number of hydrogen-bond donors (Lipinski definition) is 1. The number of anilines is 2. The average Bonchev–Trinajstić information content (AvgIpc) is 3.48. The molecule has 6 rings (SSSR count). The monoisotopic (exact) mass is 541 g/mol. The molecule has 0 unspecified atom stereocenters. The Morgan fingerprint density at radius 1 is 0.900 bits per heavy atom. The molecule has 1 N–H and O–H groups in total. The molecule has 0 spiro atoms. The van der Waals surface area contributed by atoms with E-state index < -0.39 is 0 Å². The van der Waals surface area contributed by atoms with Crippen molar-refractivity contribution >= 4 is 17.3 Å². The van der Waals surface area contributed by atoms with E-state index in [0.29, 0.717) is 29.9 Å². The third-order valence-corrected chi connectivity index (χ3v) is 8.21. The Labute approximate surface area is 236 Å². The highest BCUT2D eigenvalue weighted by Gasteiger charge is 2.24. The van der Waals surface area contributed by atoms with E-state index in [1.54, 1.807) is 14.2 Å². The van der Waals surface area contributed by atoms with Gasteiger partial charge in [0.25, 0.3) is 0 Å². The molecule has 9 nitrogen and oxygen atoms in total. The van der Waals surface area contributed by atoms with Crippen LogP contribution in [0.15, 0.2) is 54.7 Å². The van der Waals surface area contributed by atoms with Crippen LogP contribution in [0.25, 0.3) is 5.65 Å². The molecule has 4 aromatic rings. The van der Waals surface area contributed by atoms with E-state index in [1.807, 2.05) is 28.9 Å². The lowest BCUT2D eigenvalue weighted by Crippen LogP contribution is -2.46. The van der Waals surface area contributed by atoms with E-state index in [4.69, 9.17) is 24.5 Å². The van der Waals surface area contributed by atoms with Gasteiger partial charge in [-0.1, -0.05) is 43.5 Å². The van der Waals surface area contributed by atoms with Crippen LogP contribution >= 0.6 is 0 Å². The van der Waals surface area contributed by atoms with Crippen LogP contribution in [0.4, 0.5) is 11.6 Å². The highest BCUT2D eigenvalue weighted by molar-refractivity contribution is 5.52. The molecule has 1 aliphatic carbocycles. The maximum Gasteiger partial charge on any atom is 0.226 e. The largest absolute Gasteiger partial charge is 0.493 e. The van der Waals surface area contributed by atoms with Gasteiger partial charge in [-0.15, -0.1) is 5.10 Å². The number of piperazine rings is 1. The van der Waals surface area contributed by atoms with E-state index in [9.17, 15) is 0 Å². The number of methoxy groups -OCH3 is 2. The van der Waals surface area contributed by atoms with Gasteiger partial charge in [0.2, 0.25) is 5.95 Å². The first kappa shape index (κ1) is 26.4. The van der Waals surface area contributed by atoms with E-state index in [-0.39, 0.29) is 0 Å². The molecular weight excluding hydrogens is 502 g/mol. The van der Waals surface area contributed by atoms with E-state index in [1.165, 1.54) is 24.9 Å². The Balaban J connectivity index is 1.22. The summed E-state index contributed by atoms with van der Waals surface area (Å²) >= 11 is 0. The minimum atomic E-state index is 0.426. The average molecular weight is 542 g/mol. The molecule has 2 aromatic heterocycles. The highest BCUT2D eigenvalue weighted by Crippen LogP contribution is 2.32. The van der Waals surface area contributed by atoms with Crippen molar-refractivity contribution in [2.24, 2.45) is 0 Å². The van der Waals surface area contributed by atoms with Crippen molar-refractivity contribution in [2.75, 3.05) is 50.6 Å². The molecule has 40 heavy (non-hydrogen) atoms. The summed E-state index contributed by atoms with van der Waals surface area (Å²) < 4.78 is 12.8.